The standard InChI is InChI=1S/C64H124O6/c1-7-60(6)52-46-40-34-28-22-15-12-13-17-25-31-37-43-49-55-64(67)70-61(57-69-63(66)54-48-42-36-30-24-19-18-21-27-33-39-45-51-59(4)5)56-68-62(65)53-47-41-35-29-23-16-11-9-8-10-14-20-26-32-38-44-50-58(2)3/h58-61H,7-57H2,1-6H3/t60?,61-/m1/s1. The van der Waals surface area contributed by atoms with Crippen molar-refractivity contribution in [3.8, 4) is 0 Å². The molecule has 2 atom stereocenters. The molecule has 0 aromatic carbocycles. The van der Waals surface area contributed by atoms with Crippen molar-refractivity contribution in [1.82, 2.24) is 0 Å². The maximum Gasteiger partial charge on any atom is 0.306 e. The lowest BCUT2D eigenvalue weighted by Gasteiger charge is -2.18. The summed E-state index contributed by atoms with van der Waals surface area (Å²) in [6.07, 6.45) is 59.5. The molecule has 70 heavy (non-hydrogen) atoms. The van der Waals surface area contributed by atoms with Crippen LogP contribution in [0.3, 0.4) is 0 Å². The summed E-state index contributed by atoms with van der Waals surface area (Å²) in [7, 11) is 0. The van der Waals surface area contributed by atoms with Crippen LogP contribution in [0.2, 0.25) is 0 Å². The first kappa shape index (κ1) is 68.4. The van der Waals surface area contributed by atoms with Crippen LogP contribution < -0.4 is 0 Å². The van der Waals surface area contributed by atoms with Gasteiger partial charge in [0.05, 0.1) is 0 Å². The Morgan fingerprint density at radius 1 is 0.286 bits per heavy atom. The van der Waals surface area contributed by atoms with E-state index in [1.807, 2.05) is 0 Å². The highest BCUT2D eigenvalue weighted by molar-refractivity contribution is 5.71. The van der Waals surface area contributed by atoms with Crippen LogP contribution in [0.5, 0.6) is 0 Å². The van der Waals surface area contributed by atoms with Gasteiger partial charge in [-0.25, -0.2) is 0 Å². The first-order chi connectivity index (χ1) is 34.1. The molecule has 0 fully saturated rings. The van der Waals surface area contributed by atoms with Gasteiger partial charge in [0.2, 0.25) is 0 Å². The minimum Gasteiger partial charge on any atom is -0.462 e. The largest absolute Gasteiger partial charge is 0.462 e. The van der Waals surface area contributed by atoms with Gasteiger partial charge in [-0.1, -0.05) is 318 Å². The topological polar surface area (TPSA) is 78.9 Å². The Bertz CT molecular complexity index is 1090. The lowest BCUT2D eigenvalue weighted by molar-refractivity contribution is -0.167. The Balaban J connectivity index is 4.29. The van der Waals surface area contributed by atoms with Crippen molar-refractivity contribution in [2.75, 3.05) is 13.2 Å². The molecular formula is C64H124O6. The third-order valence-electron chi connectivity index (χ3n) is 15.0. The van der Waals surface area contributed by atoms with E-state index in [2.05, 4.69) is 41.5 Å². The summed E-state index contributed by atoms with van der Waals surface area (Å²) < 4.78 is 17.0. The third kappa shape index (κ3) is 55.7. The lowest BCUT2D eigenvalue weighted by atomic mass is 9.99. The number of unbranched alkanes of at least 4 members (excludes halogenated alkanes) is 39. The zero-order valence-corrected chi connectivity index (χ0v) is 48.3. The predicted molar refractivity (Wildman–Crippen MR) is 303 cm³/mol. The van der Waals surface area contributed by atoms with Gasteiger partial charge < -0.3 is 14.2 Å². The minimum absolute atomic E-state index is 0.0627. The molecular weight excluding hydrogens is 865 g/mol. The van der Waals surface area contributed by atoms with E-state index in [9.17, 15) is 14.4 Å². The number of carbonyl (C=O) groups is 3. The van der Waals surface area contributed by atoms with Crippen molar-refractivity contribution in [2.24, 2.45) is 17.8 Å². The Hall–Kier alpha value is -1.59. The van der Waals surface area contributed by atoms with Crippen LogP contribution in [-0.4, -0.2) is 37.2 Å². The van der Waals surface area contributed by atoms with E-state index in [0.29, 0.717) is 19.3 Å². The summed E-state index contributed by atoms with van der Waals surface area (Å²) in [5, 5.41) is 0. The second-order valence-corrected chi connectivity index (χ2v) is 23.2. The maximum absolute atomic E-state index is 12.9. The summed E-state index contributed by atoms with van der Waals surface area (Å²) in [5.74, 6) is 1.74. The van der Waals surface area contributed by atoms with Crippen LogP contribution in [0, 0.1) is 17.8 Å². The molecule has 0 heterocycles. The SMILES string of the molecule is CCC(C)CCCCCCCCCCCCCCCCC(=O)O[C@H](COC(=O)CCCCCCCCCCCCCCCCCCC(C)C)COC(=O)CCCCCCCCCCCCCCC(C)C. The van der Waals surface area contributed by atoms with E-state index in [1.54, 1.807) is 0 Å². The fourth-order valence-electron chi connectivity index (χ4n) is 9.85. The van der Waals surface area contributed by atoms with Gasteiger partial charge in [0, 0.05) is 19.3 Å². The molecule has 0 aliphatic carbocycles. The first-order valence-electron chi connectivity index (χ1n) is 31.6. The van der Waals surface area contributed by atoms with Gasteiger partial charge in [0.25, 0.3) is 0 Å². The van der Waals surface area contributed by atoms with Crippen LogP contribution in [-0.2, 0) is 28.6 Å². The molecule has 0 radical (unpaired) electrons. The Kier molecular flexibility index (Phi) is 53.9. The monoisotopic (exact) mass is 989 g/mol. The van der Waals surface area contributed by atoms with E-state index in [4.69, 9.17) is 14.2 Å². The highest BCUT2D eigenvalue weighted by Gasteiger charge is 2.19. The molecule has 6 heteroatoms. The Labute approximate surface area is 438 Å². The first-order valence-corrected chi connectivity index (χ1v) is 31.6. The molecule has 1 unspecified atom stereocenters. The fourth-order valence-corrected chi connectivity index (χ4v) is 9.85. The number of rotatable bonds is 57. The number of hydrogen-bond donors (Lipinski definition) is 0. The summed E-state index contributed by atoms with van der Waals surface area (Å²) in [5.41, 5.74) is 0. The number of esters is 3. The molecule has 0 bridgehead atoms. The van der Waals surface area contributed by atoms with Crippen LogP contribution in [0.1, 0.15) is 356 Å². The zero-order valence-electron chi connectivity index (χ0n) is 48.3. The van der Waals surface area contributed by atoms with E-state index >= 15 is 0 Å². The maximum atomic E-state index is 12.9. The molecule has 0 rings (SSSR count). The van der Waals surface area contributed by atoms with Gasteiger partial charge in [-0.05, 0) is 37.0 Å². The highest BCUT2D eigenvalue weighted by Crippen LogP contribution is 2.19. The molecule has 0 aliphatic heterocycles. The summed E-state index contributed by atoms with van der Waals surface area (Å²) in [6.45, 7) is 13.8. The van der Waals surface area contributed by atoms with Crippen molar-refractivity contribution < 1.29 is 28.6 Å². The summed E-state index contributed by atoms with van der Waals surface area (Å²) in [6, 6.07) is 0. The van der Waals surface area contributed by atoms with Crippen LogP contribution in [0.15, 0.2) is 0 Å². The average molecular weight is 990 g/mol. The highest BCUT2D eigenvalue weighted by atomic mass is 16.6. The molecule has 0 aromatic rings. The van der Waals surface area contributed by atoms with Crippen molar-refractivity contribution in [2.45, 2.75) is 362 Å². The molecule has 0 saturated heterocycles. The average Bonchev–Trinajstić information content (AvgIpc) is 3.33. The molecule has 6 nitrogen and oxygen atoms in total. The molecule has 416 valence electrons. The summed E-state index contributed by atoms with van der Waals surface area (Å²) in [4.78, 5) is 38.3. The van der Waals surface area contributed by atoms with Gasteiger partial charge in [0.1, 0.15) is 13.2 Å². The van der Waals surface area contributed by atoms with Gasteiger partial charge in [-0.15, -0.1) is 0 Å². The van der Waals surface area contributed by atoms with Crippen LogP contribution in [0.25, 0.3) is 0 Å². The second-order valence-electron chi connectivity index (χ2n) is 23.2. The van der Waals surface area contributed by atoms with Crippen molar-refractivity contribution in [3.63, 3.8) is 0 Å². The molecule has 0 aromatic heterocycles. The van der Waals surface area contributed by atoms with E-state index in [1.165, 1.54) is 238 Å². The quantitative estimate of drug-likeness (QED) is 0.0343. The predicted octanol–water partition coefficient (Wildman–Crippen LogP) is 21.1. The van der Waals surface area contributed by atoms with Crippen LogP contribution >= 0.6 is 0 Å². The molecule has 0 N–H and O–H groups in total. The zero-order chi connectivity index (χ0) is 51.2. The third-order valence-corrected chi connectivity index (χ3v) is 15.0. The van der Waals surface area contributed by atoms with E-state index < -0.39 is 6.10 Å². The number of hydrogen-bond acceptors (Lipinski definition) is 6. The van der Waals surface area contributed by atoms with Crippen LogP contribution in [0.4, 0.5) is 0 Å². The smallest absolute Gasteiger partial charge is 0.306 e. The van der Waals surface area contributed by atoms with E-state index in [0.717, 1.165) is 75.5 Å². The van der Waals surface area contributed by atoms with Crippen molar-refractivity contribution >= 4 is 17.9 Å². The Morgan fingerprint density at radius 3 is 0.743 bits per heavy atom. The normalized spacial score (nSPS) is 12.5. The van der Waals surface area contributed by atoms with E-state index in [-0.39, 0.29) is 31.1 Å². The lowest BCUT2D eigenvalue weighted by Crippen LogP contribution is -2.30. The Morgan fingerprint density at radius 2 is 0.500 bits per heavy atom. The molecule has 0 aliphatic rings. The van der Waals surface area contributed by atoms with Crippen molar-refractivity contribution in [3.05, 3.63) is 0 Å². The molecule has 0 spiro atoms. The van der Waals surface area contributed by atoms with Gasteiger partial charge in [0.15, 0.2) is 6.10 Å². The van der Waals surface area contributed by atoms with Gasteiger partial charge in [-0.2, -0.15) is 0 Å². The fraction of sp³-hybridized carbons (Fsp3) is 0.953. The van der Waals surface area contributed by atoms with Crippen molar-refractivity contribution in [1.29, 1.82) is 0 Å². The number of carbonyl (C=O) groups excluding carboxylic acids is 3. The minimum atomic E-state index is -0.764. The molecule has 0 saturated carbocycles. The van der Waals surface area contributed by atoms with Gasteiger partial charge >= 0.3 is 17.9 Å². The van der Waals surface area contributed by atoms with Gasteiger partial charge in [-0.3, -0.25) is 14.4 Å². The summed E-state index contributed by atoms with van der Waals surface area (Å²) >= 11 is 0. The number of ether oxygens (including phenoxy) is 3. The molecule has 0 amide bonds. The second kappa shape index (κ2) is 55.2.